The number of H-pyrrole nitrogens is 1. The van der Waals surface area contributed by atoms with Crippen LogP contribution in [-0.2, 0) is 11.3 Å². The molecule has 2 rings (SSSR count). The average molecular weight is 300 g/mol. The zero-order valence-corrected chi connectivity index (χ0v) is 12.1. The third kappa shape index (κ3) is 4.05. The van der Waals surface area contributed by atoms with Crippen LogP contribution in [-0.4, -0.2) is 20.6 Å². The van der Waals surface area contributed by atoms with E-state index in [1.54, 1.807) is 19.1 Å². The Kier molecular flexibility index (Phi) is 4.73. The Balaban J connectivity index is 2.13. The van der Waals surface area contributed by atoms with E-state index in [1.807, 2.05) is 24.3 Å². The molecule has 0 aliphatic heterocycles. The summed E-state index contributed by atoms with van der Waals surface area (Å²) in [5.41, 5.74) is 1.45. The second kappa shape index (κ2) is 6.71. The maximum atomic E-state index is 11.7. The number of aryl methyl sites for hydroxylation is 1. The molecule has 6 heteroatoms. The number of carboxylic acids is 1. The van der Waals surface area contributed by atoms with Gasteiger partial charge in [-0.25, -0.2) is 4.79 Å². The van der Waals surface area contributed by atoms with Crippen molar-refractivity contribution in [2.24, 2.45) is 0 Å². The molecular weight excluding hydrogens is 284 g/mol. The maximum Gasteiger partial charge on any atom is 0.328 e. The fraction of sp³-hybridized carbons (Fsp3) is 0.188. The molecule has 0 bridgehead atoms. The summed E-state index contributed by atoms with van der Waals surface area (Å²) < 4.78 is 1.44. The van der Waals surface area contributed by atoms with Crippen molar-refractivity contribution in [3.63, 3.8) is 0 Å². The first-order valence-electron chi connectivity index (χ1n) is 6.73. The Morgan fingerprint density at radius 2 is 1.95 bits per heavy atom. The van der Waals surface area contributed by atoms with E-state index in [1.165, 1.54) is 10.8 Å². The monoisotopic (exact) mass is 300 g/mol. The van der Waals surface area contributed by atoms with Gasteiger partial charge in [-0.15, -0.1) is 0 Å². The second-order valence-corrected chi connectivity index (χ2v) is 4.94. The van der Waals surface area contributed by atoms with Gasteiger partial charge in [0.15, 0.2) is 0 Å². The fourth-order valence-corrected chi connectivity index (χ4v) is 1.96. The van der Waals surface area contributed by atoms with Crippen molar-refractivity contribution in [2.75, 3.05) is 0 Å². The molecule has 0 atom stereocenters. The number of benzene rings is 1. The molecule has 0 saturated heterocycles. The second-order valence-electron chi connectivity index (χ2n) is 4.94. The van der Waals surface area contributed by atoms with Gasteiger partial charge in [-0.2, -0.15) is 0 Å². The topological polar surface area (TPSA) is 92.2 Å². The van der Waals surface area contributed by atoms with Gasteiger partial charge in [-0.1, -0.05) is 36.4 Å². The van der Waals surface area contributed by atoms with Crippen molar-refractivity contribution < 1.29 is 9.90 Å². The maximum absolute atomic E-state index is 11.7. The molecule has 0 radical (unpaired) electrons. The van der Waals surface area contributed by atoms with Crippen LogP contribution in [0.5, 0.6) is 0 Å². The van der Waals surface area contributed by atoms with Crippen LogP contribution in [0.2, 0.25) is 0 Å². The Labute approximate surface area is 126 Å². The van der Waals surface area contributed by atoms with Crippen molar-refractivity contribution in [1.82, 2.24) is 9.55 Å². The number of aliphatic carboxylic acids is 1. The average Bonchev–Trinajstić information content (AvgIpc) is 2.46. The summed E-state index contributed by atoms with van der Waals surface area (Å²) in [4.78, 5) is 35.7. The van der Waals surface area contributed by atoms with Crippen LogP contribution in [0.1, 0.15) is 23.1 Å². The van der Waals surface area contributed by atoms with Crippen LogP contribution in [0, 0.1) is 6.92 Å². The number of aromatic amines is 1. The van der Waals surface area contributed by atoms with E-state index in [9.17, 15) is 14.4 Å². The minimum atomic E-state index is -0.874. The SMILES string of the molecule is Cc1cn(Cc2ccc(C=CCC(=O)O)cc2)c(=O)[nH]c1=O. The first-order valence-corrected chi connectivity index (χ1v) is 6.73. The van der Waals surface area contributed by atoms with Crippen molar-refractivity contribution in [2.45, 2.75) is 19.9 Å². The van der Waals surface area contributed by atoms with E-state index in [0.717, 1.165) is 11.1 Å². The van der Waals surface area contributed by atoms with Crippen LogP contribution in [0.4, 0.5) is 0 Å². The molecule has 2 aromatic rings. The first kappa shape index (κ1) is 15.5. The Morgan fingerprint density at radius 3 is 2.59 bits per heavy atom. The number of carbonyl (C=O) groups is 1. The number of hydrogen-bond donors (Lipinski definition) is 2. The summed E-state index contributed by atoms with van der Waals surface area (Å²) in [7, 11) is 0. The minimum Gasteiger partial charge on any atom is -0.481 e. The molecule has 6 nitrogen and oxygen atoms in total. The lowest BCUT2D eigenvalue weighted by molar-refractivity contribution is -0.135. The van der Waals surface area contributed by atoms with Gasteiger partial charge >= 0.3 is 11.7 Å². The van der Waals surface area contributed by atoms with Gasteiger partial charge in [0.05, 0.1) is 13.0 Å². The van der Waals surface area contributed by atoms with Crippen molar-refractivity contribution in [1.29, 1.82) is 0 Å². The molecule has 0 fully saturated rings. The molecule has 2 N–H and O–H groups in total. The van der Waals surface area contributed by atoms with Crippen molar-refractivity contribution in [3.05, 3.63) is 74.1 Å². The highest BCUT2D eigenvalue weighted by molar-refractivity contribution is 5.70. The fourth-order valence-electron chi connectivity index (χ4n) is 1.96. The van der Waals surface area contributed by atoms with E-state index in [0.29, 0.717) is 12.1 Å². The van der Waals surface area contributed by atoms with Gasteiger partial charge in [0, 0.05) is 11.8 Å². The molecule has 0 saturated carbocycles. The number of aromatic nitrogens is 2. The van der Waals surface area contributed by atoms with E-state index < -0.39 is 11.7 Å². The van der Waals surface area contributed by atoms with Crippen LogP contribution in [0.3, 0.4) is 0 Å². The van der Waals surface area contributed by atoms with Gasteiger partial charge in [0.1, 0.15) is 0 Å². The third-order valence-corrected chi connectivity index (χ3v) is 3.12. The Hall–Kier alpha value is -2.89. The number of carboxylic acid groups (broad SMARTS) is 1. The molecule has 1 heterocycles. The van der Waals surface area contributed by atoms with E-state index >= 15 is 0 Å². The molecule has 0 spiro atoms. The van der Waals surface area contributed by atoms with Crippen molar-refractivity contribution in [3.8, 4) is 0 Å². The summed E-state index contributed by atoms with van der Waals surface area (Å²) >= 11 is 0. The zero-order chi connectivity index (χ0) is 16.1. The molecule has 1 aromatic carbocycles. The lowest BCUT2D eigenvalue weighted by Crippen LogP contribution is -2.31. The molecule has 0 aliphatic carbocycles. The van der Waals surface area contributed by atoms with Crippen LogP contribution in [0.25, 0.3) is 6.08 Å². The highest BCUT2D eigenvalue weighted by atomic mass is 16.4. The predicted octanol–water partition coefficient (Wildman–Crippen LogP) is 1.38. The quantitative estimate of drug-likeness (QED) is 0.872. The molecule has 22 heavy (non-hydrogen) atoms. The zero-order valence-electron chi connectivity index (χ0n) is 12.1. The molecule has 0 unspecified atom stereocenters. The van der Waals surface area contributed by atoms with Gasteiger partial charge in [-0.05, 0) is 18.1 Å². The highest BCUT2D eigenvalue weighted by Crippen LogP contribution is 2.08. The Bertz CT molecular complexity index is 813. The molecule has 1 aromatic heterocycles. The lowest BCUT2D eigenvalue weighted by Gasteiger charge is -2.06. The van der Waals surface area contributed by atoms with Crippen LogP contribution < -0.4 is 11.2 Å². The summed E-state index contributed by atoms with van der Waals surface area (Å²) in [6.07, 6.45) is 4.82. The Morgan fingerprint density at radius 1 is 1.27 bits per heavy atom. The highest BCUT2D eigenvalue weighted by Gasteiger charge is 2.02. The van der Waals surface area contributed by atoms with Gasteiger partial charge in [-0.3, -0.25) is 19.1 Å². The number of nitrogens with one attached hydrogen (secondary N) is 1. The lowest BCUT2D eigenvalue weighted by atomic mass is 10.1. The van der Waals surface area contributed by atoms with Gasteiger partial charge in [0.25, 0.3) is 5.56 Å². The number of nitrogens with zero attached hydrogens (tertiary/aromatic N) is 1. The first-order chi connectivity index (χ1) is 10.5. The van der Waals surface area contributed by atoms with E-state index in [-0.39, 0.29) is 12.0 Å². The smallest absolute Gasteiger partial charge is 0.328 e. The molecular formula is C16H16N2O4. The molecule has 0 aliphatic rings. The number of rotatable bonds is 5. The summed E-state index contributed by atoms with van der Waals surface area (Å²) in [5, 5.41) is 8.56. The van der Waals surface area contributed by atoms with E-state index in [4.69, 9.17) is 5.11 Å². The standard InChI is InChI=1S/C16H16N2O4/c1-11-9-18(16(22)17-15(11)21)10-13-7-5-12(6-8-13)3-2-4-14(19)20/h2-3,5-9H,4,10H2,1H3,(H,19,20)(H,17,21,22). The molecule has 114 valence electrons. The normalized spacial score (nSPS) is 11.0. The third-order valence-electron chi connectivity index (χ3n) is 3.12. The summed E-state index contributed by atoms with van der Waals surface area (Å²) in [6, 6.07) is 7.40. The number of hydrogen-bond acceptors (Lipinski definition) is 3. The summed E-state index contributed by atoms with van der Waals surface area (Å²) in [5.74, 6) is -0.874. The van der Waals surface area contributed by atoms with Crippen LogP contribution in [0.15, 0.2) is 46.1 Å². The van der Waals surface area contributed by atoms with Gasteiger partial charge < -0.3 is 5.11 Å². The van der Waals surface area contributed by atoms with Crippen LogP contribution >= 0.6 is 0 Å². The van der Waals surface area contributed by atoms with E-state index in [2.05, 4.69) is 4.98 Å². The largest absolute Gasteiger partial charge is 0.481 e. The van der Waals surface area contributed by atoms with Gasteiger partial charge in [0.2, 0.25) is 0 Å². The van der Waals surface area contributed by atoms with Crippen molar-refractivity contribution >= 4 is 12.0 Å². The minimum absolute atomic E-state index is 0.0200. The summed E-state index contributed by atoms with van der Waals surface area (Å²) in [6.45, 7) is 2.00. The molecule has 0 amide bonds. The predicted molar refractivity (Wildman–Crippen MR) is 82.9 cm³/mol.